The smallest absolute Gasteiger partial charge is 0.310 e. The van der Waals surface area contributed by atoms with Crippen molar-refractivity contribution in [2.75, 3.05) is 18.0 Å². The molecule has 2 aliphatic rings. The van der Waals surface area contributed by atoms with Gasteiger partial charge in [-0.2, -0.15) is 4.98 Å². The Morgan fingerprint density at radius 3 is 2.69 bits per heavy atom. The second-order valence-corrected chi connectivity index (χ2v) is 8.01. The van der Waals surface area contributed by atoms with Gasteiger partial charge in [0.2, 0.25) is 0 Å². The Morgan fingerprint density at radius 1 is 1.06 bits per heavy atom. The minimum Gasteiger partial charge on any atom is -0.461 e. The summed E-state index contributed by atoms with van der Waals surface area (Å²) in [6, 6.07) is 9.65. The van der Waals surface area contributed by atoms with Gasteiger partial charge in [0.25, 0.3) is 11.6 Å². The van der Waals surface area contributed by atoms with E-state index >= 15 is 0 Å². The van der Waals surface area contributed by atoms with E-state index in [2.05, 4.69) is 32.0 Å². The molecular formula is C23H23N5O4. The second-order valence-electron chi connectivity index (χ2n) is 8.01. The zero-order valence-corrected chi connectivity index (χ0v) is 17.7. The molecule has 1 fully saturated rings. The van der Waals surface area contributed by atoms with E-state index in [1.165, 1.54) is 17.0 Å². The van der Waals surface area contributed by atoms with Crippen LogP contribution in [0.15, 0.2) is 47.7 Å². The fourth-order valence-electron chi connectivity index (χ4n) is 4.06. The Kier molecular flexibility index (Phi) is 5.30. The summed E-state index contributed by atoms with van der Waals surface area (Å²) in [4.78, 5) is 38.8. The van der Waals surface area contributed by atoms with Crippen LogP contribution in [0.2, 0.25) is 0 Å². The lowest BCUT2D eigenvalue weighted by Gasteiger charge is -2.34. The van der Waals surface area contributed by atoms with Gasteiger partial charge in [0.05, 0.1) is 17.8 Å². The van der Waals surface area contributed by atoms with Crippen molar-refractivity contribution in [2.45, 2.75) is 32.0 Å². The number of anilines is 1. The SMILES string of the molecule is Cn1c(OC2CCN(c3ccc4c(c3)COC(=O)C4)CC2)nc(-c2ccncn2)cc1=O. The van der Waals surface area contributed by atoms with E-state index in [4.69, 9.17) is 9.47 Å². The quantitative estimate of drug-likeness (QED) is 0.575. The van der Waals surface area contributed by atoms with Gasteiger partial charge in [0, 0.05) is 50.9 Å². The summed E-state index contributed by atoms with van der Waals surface area (Å²) in [5.41, 5.74) is 4.08. The molecule has 0 saturated carbocycles. The number of nitrogens with zero attached hydrogens (tertiary/aromatic N) is 5. The number of piperidine rings is 1. The third-order valence-electron chi connectivity index (χ3n) is 5.93. The van der Waals surface area contributed by atoms with Gasteiger partial charge in [-0.25, -0.2) is 9.97 Å². The molecule has 0 radical (unpaired) electrons. The number of fused-ring (bicyclic) bond motifs is 1. The number of ether oxygens (including phenoxy) is 2. The standard InChI is InChI=1S/C23H23N5O4/c1-27-21(29)12-20(19-4-7-24-14-25-19)26-23(27)32-18-5-8-28(9-6-18)17-3-2-15-11-22(30)31-13-16(15)10-17/h2-4,7,10,12,14,18H,5-6,8-9,11,13H2,1H3. The molecule has 0 atom stereocenters. The molecule has 0 amide bonds. The zero-order valence-electron chi connectivity index (χ0n) is 17.7. The molecule has 0 bridgehead atoms. The highest BCUT2D eigenvalue weighted by molar-refractivity contribution is 5.75. The van der Waals surface area contributed by atoms with Crippen molar-refractivity contribution in [1.29, 1.82) is 0 Å². The first-order valence-corrected chi connectivity index (χ1v) is 10.6. The number of esters is 1. The second kappa shape index (κ2) is 8.41. The topological polar surface area (TPSA) is 99.4 Å². The molecule has 32 heavy (non-hydrogen) atoms. The number of carbonyl (C=O) groups excluding carboxylic acids is 1. The van der Waals surface area contributed by atoms with Gasteiger partial charge < -0.3 is 14.4 Å². The van der Waals surface area contributed by atoms with Crippen molar-refractivity contribution in [2.24, 2.45) is 7.05 Å². The predicted octanol–water partition coefficient (Wildman–Crippen LogP) is 1.88. The largest absolute Gasteiger partial charge is 0.461 e. The molecule has 1 saturated heterocycles. The van der Waals surface area contributed by atoms with Crippen molar-refractivity contribution in [3.8, 4) is 17.4 Å². The van der Waals surface area contributed by atoms with Gasteiger partial charge in [-0.15, -0.1) is 0 Å². The van der Waals surface area contributed by atoms with Gasteiger partial charge in [-0.3, -0.25) is 14.2 Å². The number of rotatable bonds is 4. The Balaban J connectivity index is 1.27. The highest BCUT2D eigenvalue weighted by atomic mass is 16.5. The van der Waals surface area contributed by atoms with Gasteiger partial charge in [-0.1, -0.05) is 6.07 Å². The van der Waals surface area contributed by atoms with Crippen LogP contribution in [0.25, 0.3) is 11.4 Å². The number of hydrogen-bond acceptors (Lipinski definition) is 8. The third kappa shape index (κ3) is 4.05. The Labute approximate surface area is 184 Å². The maximum absolute atomic E-state index is 12.4. The highest BCUT2D eigenvalue weighted by Gasteiger charge is 2.24. The van der Waals surface area contributed by atoms with Crippen LogP contribution in [0.3, 0.4) is 0 Å². The van der Waals surface area contributed by atoms with E-state index in [0.717, 1.165) is 42.7 Å². The first kappa shape index (κ1) is 20.2. The van der Waals surface area contributed by atoms with Crippen LogP contribution < -0.4 is 15.2 Å². The number of aromatic nitrogens is 4. The molecule has 9 heteroatoms. The minimum absolute atomic E-state index is 0.0384. The van der Waals surface area contributed by atoms with Crippen LogP contribution in [0, 0.1) is 0 Å². The summed E-state index contributed by atoms with van der Waals surface area (Å²) in [7, 11) is 1.66. The average Bonchev–Trinajstić information content (AvgIpc) is 2.82. The lowest BCUT2D eigenvalue weighted by Crippen LogP contribution is -2.39. The average molecular weight is 433 g/mol. The van der Waals surface area contributed by atoms with Crippen LogP contribution in [0.5, 0.6) is 6.01 Å². The molecule has 1 aromatic carbocycles. The Morgan fingerprint density at radius 2 is 1.91 bits per heavy atom. The zero-order chi connectivity index (χ0) is 22.1. The molecule has 2 aromatic heterocycles. The van der Waals surface area contributed by atoms with E-state index in [-0.39, 0.29) is 17.6 Å². The summed E-state index contributed by atoms with van der Waals surface area (Å²) in [6.07, 6.45) is 4.95. The molecule has 0 unspecified atom stereocenters. The summed E-state index contributed by atoms with van der Waals surface area (Å²) in [5, 5.41) is 0. The maximum atomic E-state index is 12.4. The van der Waals surface area contributed by atoms with Gasteiger partial charge in [-0.05, 0) is 29.3 Å². The highest BCUT2D eigenvalue weighted by Crippen LogP contribution is 2.27. The molecule has 5 rings (SSSR count). The Hall–Kier alpha value is -3.75. The first-order chi connectivity index (χ1) is 15.6. The van der Waals surface area contributed by atoms with Crippen molar-refractivity contribution in [3.05, 3.63) is 64.3 Å². The molecule has 3 aromatic rings. The molecular weight excluding hydrogens is 410 g/mol. The maximum Gasteiger partial charge on any atom is 0.310 e. The van der Waals surface area contributed by atoms with Crippen molar-refractivity contribution in [3.63, 3.8) is 0 Å². The van der Waals surface area contributed by atoms with E-state index < -0.39 is 0 Å². The van der Waals surface area contributed by atoms with Crippen molar-refractivity contribution in [1.82, 2.24) is 19.5 Å². The lowest BCUT2D eigenvalue weighted by molar-refractivity contribution is -0.145. The minimum atomic E-state index is -0.198. The summed E-state index contributed by atoms with van der Waals surface area (Å²) >= 11 is 0. The fourth-order valence-corrected chi connectivity index (χ4v) is 4.06. The summed E-state index contributed by atoms with van der Waals surface area (Å²) in [5.74, 6) is -0.171. The first-order valence-electron chi connectivity index (χ1n) is 10.6. The fraction of sp³-hybridized carbons (Fsp3) is 0.348. The number of hydrogen-bond donors (Lipinski definition) is 0. The normalized spacial score (nSPS) is 16.4. The lowest BCUT2D eigenvalue weighted by atomic mass is 10.0. The number of benzene rings is 1. The van der Waals surface area contributed by atoms with Crippen LogP contribution in [-0.2, 0) is 29.6 Å². The monoisotopic (exact) mass is 433 g/mol. The molecule has 9 nitrogen and oxygen atoms in total. The van der Waals surface area contributed by atoms with Crippen molar-refractivity contribution < 1.29 is 14.3 Å². The Bertz CT molecular complexity index is 1200. The van der Waals surface area contributed by atoms with Gasteiger partial charge >= 0.3 is 5.97 Å². The molecule has 164 valence electrons. The molecule has 0 N–H and O–H groups in total. The van der Waals surface area contributed by atoms with Gasteiger partial charge in [0.1, 0.15) is 19.0 Å². The van der Waals surface area contributed by atoms with Crippen molar-refractivity contribution >= 4 is 11.7 Å². The van der Waals surface area contributed by atoms with E-state index in [9.17, 15) is 9.59 Å². The number of cyclic esters (lactones) is 1. The third-order valence-corrected chi connectivity index (χ3v) is 5.93. The van der Waals surface area contributed by atoms with Crippen LogP contribution in [-0.4, -0.2) is 44.7 Å². The molecule has 4 heterocycles. The van der Waals surface area contributed by atoms with Crippen LogP contribution >= 0.6 is 0 Å². The van der Waals surface area contributed by atoms with E-state index in [0.29, 0.717) is 30.4 Å². The predicted molar refractivity (Wildman–Crippen MR) is 116 cm³/mol. The van der Waals surface area contributed by atoms with Crippen LogP contribution in [0.4, 0.5) is 5.69 Å². The number of carbonyl (C=O) groups is 1. The molecule has 0 aliphatic carbocycles. The molecule has 2 aliphatic heterocycles. The van der Waals surface area contributed by atoms with Gasteiger partial charge in [0.15, 0.2) is 0 Å². The van der Waals surface area contributed by atoms with E-state index in [1.807, 2.05) is 6.07 Å². The molecule has 0 spiro atoms. The summed E-state index contributed by atoms with van der Waals surface area (Å²) in [6.45, 7) is 1.98. The summed E-state index contributed by atoms with van der Waals surface area (Å²) < 4.78 is 12.7. The van der Waals surface area contributed by atoms with E-state index in [1.54, 1.807) is 19.3 Å². The van der Waals surface area contributed by atoms with Crippen LogP contribution in [0.1, 0.15) is 24.0 Å².